The zero-order valence-corrected chi connectivity index (χ0v) is 11.5. The summed E-state index contributed by atoms with van der Waals surface area (Å²) in [5.74, 6) is 0.929. The molecule has 0 aliphatic carbocycles. The minimum atomic E-state index is -0.0186. The second kappa shape index (κ2) is 8.77. The van der Waals surface area contributed by atoms with Crippen LogP contribution in [0, 0.1) is 0 Å². The van der Waals surface area contributed by atoms with E-state index in [4.69, 9.17) is 9.47 Å². The number of ether oxygens (including phenoxy) is 2. The van der Waals surface area contributed by atoms with Crippen LogP contribution in [-0.2, 0) is 9.47 Å². The molecule has 0 aliphatic rings. The zero-order valence-electron chi connectivity index (χ0n) is 9.62. The summed E-state index contributed by atoms with van der Waals surface area (Å²) >= 11 is 4.19. The third-order valence-corrected chi connectivity index (χ3v) is 3.00. The van der Waals surface area contributed by atoms with E-state index in [0.29, 0.717) is 0 Å². The fourth-order valence-corrected chi connectivity index (χ4v) is 2.73. The molecule has 0 heterocycles. The molecule has 84 valence electrons. The van der Waals surface area contributed by atoms with Crippen molar-refractivity contribution >= 4 is 22.1 Å². The number of thiol groups is 1. The van der Waals surface area contributed by atoms with E-state index in [0.717, 1.165) is 27.7 Å². The monoisotopic (exact) mass is 234 g/mol. The molecule has 0 saturated carbocycles. The number of rotatable bonds is 8. The lowest BCUT2D eigenvalue weighted by molar-refractivity contribution is -0.134. The van der Waals surface area contributed by atoms with Gasteiger partial charge in [0.15, 0.2) is 0 Å². The van der Waals surface area contributed by atoms with Crippen LogP contribution in [-0.4, -0.2) is 33.4 Å². The molecule has 0 aromatic heterocycles. The maximum Gasteiger partial charge on any atom is 0.137 e. The first-order valence-corrected chi connectivity index (χ1v) is 7.13. The third kappa shape index (κ3) is 9.06. The van der Waals surface area contributed by atoms with Crippen molar-refractivity contribution < 1.29 is 9.47 Å². The molecule has 0 unspecified atom stereocenters. The second-order valence-electron chi connectivity index (χ2n) is 3.73. The topological polar surface area (TPSA) is 18.5 Å². The van der Waals surface area contributed by atoms with Crippen molar-refractivity contribution in [2.75, 3.05) is 5.75 Å². The van der Waals surface area contributed by atoms with Gasteiger partial charge in [-0.1, -0.05) is 6.04 Å². The van der Waals surface area contributed by atoms with Gasteiger partial charge in [0, 0.05) is 0 Å². The molecule has 0 fully saturated rings. The van der Waals surface area contributed by atoms with Crippen molar-refractivity contribution in [3.8, 4) is 0 Å². The molecule has 0 aromatic rings. The molecule has 14 heavy (non-hydrogen) atoms. The van der Waals surface area contributed by atoms with E-state index in [2.05, 4.69) is 12.6 Å². The van der Waals surface area contributed by atoms with E-state index in [9.17, 15) is 0 Å². The van der Waals surface area contributed by atoms with Crippen LogP contribution < -0.4 is 0 Å². The predicted octanol–water partition coefficient (Wildman–Crippen LogP) is 2.56. The summed E-state index contributed by atoms with van der Waals surface area (Å²) < 4.78 is 11.3. The maximum absolute atomic E-state index is 5.67. The van der Waals surface area contributed by atoms with E-state index >= 15 is 0 Å². The molecule has 0 N–H and O–H groups in total. The Bertz CT molecular complexity index is 121. The van der Waals surface area contributed by atoms with E-state index in [-0.39, 0.29) is 18.1 Å². The molecule has 0 aliphatic heterocycles. The Balaban J connectivity index is 3.72. The van der Waals surface area contributed by atoms with Crippen LogP contribution in [0.3, 0.4) is 0 Å². The number of hydrogen-bond donors (Lipinski definition) is 1. The molecule has 2 radical (unpaired) electrons. The third-order valence-electron chi connectivity index (χ3n) is 1.44. The van der Waals surface area contributed by atoms with Gasteiger partial charge in [0.1, 0.15) is 15.4 Å². The normalized spacial score (nSPS) is 12.0. The second-order valence-corrected chi connectivity index (χ2v) is 5.56. The van der Waals surface area contributed by atoms with Crippen LogP contribution in [0.15, 0.2) is 0 Å². The van der Waals surface area contributed by atoms with Gasteiger partial charge in [-0.25, -0.2) is 0 Å². The zero-order chi connectivity index (χ0) is 11.0. The minimum Gasteiger partial charge on any atom is -0.354 e. The Labute approximate surface area is 96.0 Å². The lowest BCUT2D eigenvalue weighted by Crippen LogP contribution is -2.30. The van der Waals surface area contributed by atoms with Crippen LogP contribution in [0.1, 0.15) is 34.1 Å². The first-order valence-electron chi connectivity index (χ1n) is 5.21. The highest BCUT2D eigenvalue weighted by Crippen LogP contribution is 2.05. The molecule has 0 spiro atoms. The van der Waals surface area contributed by atoms with Crippen molar-refractivity contribution in [3.05, 3.63) is 0 Å². The molecule has 0 atom stereocenters. The van der Waals surface area contributed by atoms with Gasteiger partial charge in [-0.2, -0.15) is 12.6 Å². The van der Waals surface area contributed by atoms with Gasteiger partial charge in [0.2, 0.25) is 0 Å². The van der Waals surface area contributed by atoms with Crippen molar-refractivity contribution in [2.24, 2.45) is 0 Å². The largest absolute Gasteiger partial charge is 0.354 e. The molecule has 4 heteroatoms. The minimum absolute atomic E-state index is 0.0186. The van der Waals surface area contributed by atoms with Crippen molar-refractivity contribution in [1.29, 1.82) is 0 Å². The van der Waals surface area contributed by atoms with Crippen LogP contribution >= 0.6 is 12.6 Å². The summed E-state index contributed by atoms with van der Waals surface area (Å²) in [5.41, 5.74) is 0. The van der Waals surface area contributed by atoms with Gasteiger partial charge in [-0.3, -0.25) is 0 Å². The molecule has 0 rings (SSSR count). The standard InChI is InChI=1S/C10H22O2SSi/c1-8(2)11-10(12-9(3)4)14-7-5-6-13/h8-10,13H,5-7H2,1-4H3. The van der Waals surface area contributed by atoms with Crippen molar-refractivity contribution in [3.63, 3.8) is 0 Å². The summed E-state index contributed by atoms with van der Waals surface area (Å²) in [6, 6.07) is 1.15. The molecular weight excluding hydrogens is 212 g/mol. The van der Waals surface area contributed by atoms with Crippen LogP contribution in [0.25, 0.3) is 0 Å². The highest BCUT2D eigenvalue weighted by Gasteiger charge is 2.13. The molecule has 2 nitrogen and oxygen atoms in total. The van der Waals surface area contributed by atoms with Crippen LogP contribution in [0.4, 0.5) is 0 Å². The molecule has 0 aromatic carbocycles. The van der Waals surface area contributed by atoms with Gasteiger partial charge in [-0.05, 0) is 39.9 Å². The van der Waals surface area contributed by atoms with Crippen molar-refractivity contribution in [1.82, 2.24) is 0 Å². The summed E-state index contributed by atoms with van der Waals surface area (Å²) in [4.78, 5) is 0. The van der Waals surface area contributed by atoms with Crippen LogP contribution in [0.2, 0.25) is 6.04 Å². The van der Waals surface area contributed by atoms with Crippen molar-refractivity contribution in [2.45, 2.75) is 58.3 Å². The fourth-order valence-electron chi connectivity index (χ4n) is 0.922. The fraction of sp³-hybridized carbons (Fsp3) is 1.00. The predicted molar refractivity (Wildman–Crippen MR) is 65.3 cm³/mol. The van der Waals surface area contributed by atoms with E-state index < -0.39 is 0 Å². The number of hydrogen-bond acceptors (Lipinski definition) is 3. The van der Waals surface area contributed by atoms with Gasteiger partial charge in [-0.15, -0.1) is 0 Å². The Morgan fingerprint density at radius 3 is 1.93 bits per heavy atom. The van der Waals surface area contributed by atoms with Gasteiger partial charge < -0.3 is 9.47 Å². The van der Waals surface area contributed by atoms with E-state index in [1.54, 1.807) is 0 Å². The lowest BCUT2D eigenvalue weighted by atomic mass is 10.5. The lowest BCUT2D eigenvalue weighted by Gasteiger charge is -2.22. The molecule has 0 amide bonds. The summed E-state index contributed by atoms with van der Waals surface area (Å²) in [6.45, 7) is 8.17. The van der Waals surface area contributed by atoms with Crippen LogP contribution in [0.5, 0.6) is 0 Å². The highest BCUT2D eigenvalue weighted by molar-refractivity contribution is 7.80. The molecule has 0 bridgehead atoms. The molecule has 0 saturated heterocycles. The average molecular weight is 234 g/mol. The van der Waals surface area contributed by atoms with Gasteiger partial charge in [0.05, 0.1) is 12.2 Å². The smallest absolute Gasteiger partial charge is 0.137 e. The Hall–Kier alpha value is 0.487. The Morgan fingerprint density at radius 2 is 1.57 bits per heavy atom. The van der Waals surface area contributed by atoms with E-state index in [1.807, 2.05) is 27.7 Å². The summed E-state index contributed by atoms with van der Waals surface area (Å²) in [7, 11) is 0.722. The van der Waals surface area contributed by atoms with E-state index in [1.165, 1.54) is 0 Å². The van der Waals surface area contributed by atoms with Gasteiger partial charge in [0.25, 0.3) is 0 Å². The van der Waals surface area contributed by atoms with Gasteiger partial charge >= 0.3 is 0 Å². The summed E-state index contributed by atoms with van der Waals surface area (Å²) in [5, 5.41) is 0. The summed E-state index contributed by atoms with van der Waals surface area (Å²) in [6.07, 6.45) is 1.62. The first-order chi connectivity index (χ1) is 6.56. The highest BCUT2D eigenvalue weighted by atomic mass is 32.1. The SMILES string of the molecule is CC(C)OC(OC(C)C)[Si]CCCS. The first kappa shape index (κ1) is 14.5. The Morgan fingerprint density at radius 1 is 1.07 bits per heavy atom. The Kier molecular flexibility index (Phi) is 9.07. The maximum atomic E-state index is 5.67. The average Bonchev–Trinajstić information content (AvgIpc) is 2.02. The quantitative estimate of drug-likeness (QED) is 0.301. The molecular formula is C10H22O2SSi.